The molecule has 0 unspecified atom stereocenters. The number of carboxylic acids is 1. The average molecular weight is 597 g/mol. The number of ether oxygens (including phenoxy) is 2. The van der Waals surface area contributed by atoms with Crippen molar-refractivity contribution < 1.29 is 33.8 Å². The lowest BCUT2D eigenvalue weighted by Crippen LogP contribution is -2.61. The molecule has 2 heterocycles. The fourth-order valence-corrected chi connectivity index (χ4v) is 7.03. The number of rotatable bonds is 15. The molecule has 0 bridgehead atoms. The van der Waals surface area contributed by atoms with Crippen LogP contribution in [0, 0.1) is 17.8 Å². The molecule has 0 saturated carbocycles. The molecule has 2 fully saturated rings. The molecular weight excluding hydrogens is 540 g/mol. The van der Waals surface area contributed by atoms with E-state index in [-0.39, 0.29) is 48.1 Å². The fraction of sp³-hybridized carbons (Fsp3) is 0.871. The Morgan fingerprint density at radius 1 is 1.07 bits per heavy atom. The van der Waals surface area contributed by atoms with Crippen molar-refractivity contribution in [3.05, 3.63) is 0 Å². The van der Waals surface area contributed by atoms with E-state index in [1.54, 1.807) is 18.9 Å². The third kappa shape index (κ3) is 7.89. The van der Waals surface area contributed by atoms with Crippen molar-refractivity contribution >= 4 is 23.7 Å². The molecule has 2 rings (SSSR count). The minimum Gasteiger partial charge on any atom is -0.481 e. The lowest BCUT2D eigenvalue weighted by molar-refractivity contribution is -0.152. The number of aliphatic carboxylic acids is 1. The zero-order valence-electron chi connectivity index (χ0n) is 27.5. The molecule has 11 nitrogen and oxygen atoms in total. The van der Waals surface area contributed by atoms with Crippen LogP contribution < -0.4 is 5.32 Å². The molecule has 42 heavy (non-hydrogen) atoms. The number of amides is 3. The van der Waals surface area contributed by atoms with E-state index in [2.05, 4.69) is 19.2 Å². The van der Waals surface area contributed by atoms with Gasteiger partial charge in [0.15, 0.2) is 0 Å². The van der Waals surface area contributed by atoms with Crippen LogP contribution in [-0.2, 0) is 28.7 Å². The van der Waals surface area contributed by atoms with Gasteiger partial charge in [0.25, 0.3) is 0 Å². The number of likely N-dealkylation sites (tertiary alicyclic amines) is 2. The van der Waals surface area contributed by atoms with Crippen molar-refractivity contribution in [1.29, 1.82) is 0 Å². The van der Waals surface area contributed by atoms with Gasteiger partial charge in [-0.2, -0.15) is 0 Å². The predicted octanol–water partition coefficient (Wildman–Crippen LogP) is 2.62. The second-order valence-electron chi connectivity index (χ2n) is 13.0. The largest absolute Gasteiger partial charge is 0.481 e. The number of hydrogen-bond acceptors (Lipinski definition) is 8. The predicted molar refractivity (Wildman–Crippen MR) is 161 cm³/mol. The Morgan fingerprint density at radius 2 is 1.71 bits per heavy atom. The smallest absolute Gasteiger partial charge is 0.308 e. The number of methoxy groups -OCH3 is 2. The summed E-state index contributed by atoms with van der Waals surface area (Å²) in [6.07, 6.45) is 2.78. The molecule has 2 aliphatic rings. The Morgan fingerprint density at radius 3 is 2.19 bits per heavy atom. The first kappa shape index (κ1) is 36.1. The van der Waals surface area contributed by atoms with Gasteiger partial charge in [-0.05, 0) is 72.0 Å². The summed E-state index contributed by atoms with van der Waals surface area (Å²) in [7, 11) is 6.85. The van der Waals surface area contributed by atoms with Gasteiger partial charge in [-0.25, -0.2) is 0 Å². The minimum absolute atomic E-state index is 0.0733. The summed E-state index contributed by atoms with van der Waals surface area (Å²) in [5, 5.41) is 12.3. The highest BCUT2D eigenvalue weighted by Crippen LogP contribution is 2.31. The molecule has 0 aromatic heterocycles. The molecule has 2 aliphatic heterocycles. The van der Waals surface area contributed by atoms with E-state index < -0.39 is 35.7 Å². The molecular formula is C31H56N4O7. The molecule has 2 N–H and O–H groups in total. The monoisotopic (exact) mass is 596 g/mol. The van der Waals surface area contributed by atoms with E-state index in [4.69, 9.17) is 9.47 Å². The van der Waals surface area contributed by atoms with E-state index in [1.807, 2.05) is 44.7 Å². The van der Waals surface area contributed by atoms with Crippen molar-refractivity contribution in [3.63, 3.8) is 0 Å². The summed E-state index contributed by atoms with van der Waals surface area (Å²) in [6, 6.07) is -1.25. The Kier molecular flexibility index (Phi) is 13.4. The van der Waals surface area contributed by atoms with E-state index in [1.165, 1.54) is 7.11 Å². The Balaban J connectivity index is 2.29. The lowest BCUT2D eigenvalue weighted by Gasteiger charge is -2.43. The highest BCUT2D eigenvalue weighted by Gasteiger charge is 2.45. The molecule has 2 saturated heterocycles. The van der Waals surface area contributed by atoms with Crippen molar-refractivity contribution in [2.24, 2.45) is 17.8 Å². The first-order valence-electron chi connectivity index (χ1n) is 15.5. The van der Waals surface area contributed by atoms with Crippen LogP contribution in [0.3, 0.4) is 0 Å². The standard InChI is InChI=1S/C31H56N4O7/c1-11-20(4)26(34(8)25(19(2)3)28(37)32-30(40)31(6)15-13-16-33(31)7)23(41-9)18-24(36)35-17-12-14-22(35)27(42-10)21(5)29(38)39/h19-23,25-27H,11-18H2,1-10H3,(H,38,39)(H,32,37,40)/t20-,21+,22-,23+,25-,26-,27+,31-/m0/s1. The number of nitrogens with zero attached hydrogens (tertiary/aromatic N) is 3. The maximum absolute atomic E-state index is 13.8. The van der Waals surface area contributed by atoms with Crippen molar-refractivity contribution in [1.82, 2.24) is 20.0 Å². The maximum atomic E-state index is 13.8. The van der Waals surface area contributed by atoms with Crippen LogP contribution in [0.25, 0.3) is 0 Å². The van der Waals surface area contributed by atoms with E-state index in [0.717, 1.165) is 25.8 Å². The SMILES string of the molecule is CC[C@H](C)[C@@H]([C@@H](CC(=O)N1CCC[C@H]1[C@H](OC)[C@@H](C)C(=O)O)OC)N(C)[C@H](C(=O)NC(=O)[C@]1(C)CCCN1C)C(C)C. The van der Waals surface area contributed by atoms with Gasteiger partial charge in [0, 0.05) is 26.8 Å². The zero-order valence-corrected chi connectivity index (χ0v) is 27.5. The maximum Gasteiger partial charge on any atom is 0.308 e. The van der Waals surface area contributed by atoms with E-state index in [9.17, 15) is 24.3 Å². The second kappa shape index (κ2) is 15.6. The summed E-state index contributed by atoms with van der Waals surface area (Å²) in [6.45, 7) is 12.9. The summed E-state index contributed by atoms with van der Waals surface area (Å²) in [5.74, 6) is -2.51. The molecule has 0 radical (unpaired) electrons. The Bertz CT molecular complexity index is 946. The topological polar surface area (TPSA) is 129 Å². The van der Waals surface area contributed by atoms with Crippen LogP contribution in [0.15, 0.2) is 0 Å². The molecule has 242 valence electrons. The van der Waals surface area contributed by atoms with Gasteiger partial charge in [0.1, 0.15) is 0 Å². The highest BCUT2D eigenvalue weighted by molar-refractivity contribution is 6.02. The molecule has 0 aromatic carbocycles. The van der Waals surface area contributed by atoms with Gasteiger partial charge in [0.2, 0.25) is 17.7 Å². The van der Waals surface area contributed by atoms with Gasteiger partial charge in [0.05, 0.1) is 42.2 Å². The van der Waals surface area contributed by atoms with Crippen LogP contribution in [0.4, 0.5) is 0 Å². The normalized spacial score (nSPS) is 25.7. The molecule has 0 aliphatic carbocycles. The number of nitrogens with one attached hydrogen (secondary N) is 1. The average Bonchev–Trinajstić information content (AvgIpc) is 3.55. The van der Waals surface area contributed by atoms with Gasteiger partial charge >= 0.3 is 5.97 Å². The van der Waals surface area contributed by atoms with Gasteiger partial charge in [-0.3, -0.25) is 34.3 Å². The number of imide groups is 1. The van der Waals surface area contributed by atoms with Crippen LogP contribution in [0.1, 0.15) is 80.1 Å². The van der Waals surface area contributed by atoms with Crippen LogP contribution in [0.2, 0.25) is 0 Å². The molecule has 11 heteroatoms. The highest BCUT2D eigenvalue weighted by atomic mass is 16.5. The van der Waals surface area contributed by atoms with Gasteiger partial charge in [-0.1, -0.05) is 34.1 Å². The number of likely N-dealkylation sites (N-methyl/N-ethyl adjacent to an activating group) is 2. The molecule has 0 spiro atoms. The number of carbonyl (C=O) groups excluding carboxylic acids is 3. The van der Waals surface area contributed by atoms with Gasteiger partial charge in [-0.15, -0.1) is 0 Å². The molecule has 8 atom stereocenters. The third-order valence-corrected chi connectivity index (χ3v) is 9.97. The van der Waals surface area contributed by atoms with Crippen LogP contribution >= 0.6 is 0 Å². The fourth-order valence-electron chi connectivity index (χ4n) is 7.03. The zero-order chi connectivity index (χ0) is 31.9. The molecule has 0 aromatic rings. The third-order valence-electron chi connectivity index (χ3n) is 9.97. The number of carbonyl (C=O) groups is 4. The quantitative estimate of drug-likeness (QED) is 0.293. The molecule has 3 amide bonds. The van der Waals surface area contributed by atoms with Crippen molar-refractivity contribution in [3.8, 4) is 0 Å². The number of carboxylic acid groups (broad SMARTS) is 1. The first-order chi connectivity index (χ1) is 19.7. The summed E-state index contributed by atoms with van der Waals surface area (Å²) in [4.78, 5) is 58.2. The van der Waals surface area contributed by atoms with Crippen LogP contribution in [-0.4, -0.2) is 121 Å². The first-order valence-corrected chi connectivity index (χ1v) is 15.5. The minimum atomic E-state index is -0.959. The summed E-state index contributed by atoms with van der Waals surface area (Å²) >= 11 is 0. The van der Waals surface area contributed by atoms with Crippen molar-refractivity contribution in [2.75, 3.05) is 41.4 Å². The summed E-state index contributed by atoms with van der Waals surface area (Å²) in [5.41, 5.74) is -0.724. The van der Waals surface area contributed by atoms with Crippen LogP contribution in [0.5, 0.6) is 0 Å². The lowest BCUT2D eigenvalue weighted by atomic mass is 9.87. The Labute approximate surface area is 252 Å². The van der Waals surface area contributed by atoms with Crippen molar-refractivity contribution in [2.45, 2.75) is 116 Å². The van der Waals surface area contributed by atoms with Gasteiger partial charge < -0.3 is 19.5 Å². The number of hydrogen-bond donors (Lipinski definition) is 2. The van der Waals surface area contributed by atoms with E-state index >= 15 is 0 Å². The summed E-state index contributed by atoms with van der Waals surface area (Å²) < 4.78 is 11.6. The second-order valence-corrected chi connectivity index (χ2v) is 13.0. The van der Waals surface area contributed by atoms with E-state index in [0.29, 0.717) is 19.4 Å². The Hall–Kier alpha value is -2.08.